The molecule has 1 aromatic carbocycles. The Kier molecular flexibility index (Phi) is 23.4. The molecule has 0 unspecified atom stereocenters. The highest BCUT2D eigenvalue weighted by molar-refractivity contribution is 5.94. The number of guanidine groups is 1. The topological polar surface area (TPSA) is 238 Å². The van der Waals surface area contributed by atoms with Gasteiger partial charge in [0.05, 0.1) is 0 Å². The van der Waals surface area contributed by atoms with Crippen molar-refractivity contribution in [2.45, 2.75) is 147 Å². The Morgan fingerprint density at radius 3 is 1.63 bits per heavy atom. The van der Waals surface area contributed by atoms with Crippen molar-refractivity contribution in [1.82, 2.24) is 16.0 Å². The second-order valence-corrected chi connectivity index (χ2v) is 12.8. The first-order valence-electron chi connectivity index (χ1n) is 18.1. The first-order chi connectivity index (χ1) is 23.5. The Morgan fingerprint density at radius 2 is 1.12 bits per heavy atom. The molecule has 0 fully saturated rings. The van der Waals surface area contributed by atoms with Crippen LogP contribution in [0, 0.1) is 0 Å². The van der Waals surface area contributed by atoms with Crippen molar-refractivity contribution in [3.8, 4) is 0 Å². The molecule has 276 valence electrons. The molecule has 0 aliphatic carbocycles. The highest BCUT2D eigenvalue weighted by Gasteiger charge is 2.29. The Morgan fingerprint density at radius 1 is 0.612 bits per heavy atom. The van der Waals surface area contributed by atoms with E-state index in [1.54, 1.807) is 24.3 Å². The van der Waals surface area contributed by atoms with Crippen LogP contribution in [0.15, 0.2) is 35.3 Å². The van der Waals surface area contributed by atoms with Crippen LogP contribution < -0.4 is 38.9 Å². The largest absolute Gasteiger partial charge is 0.370 e. The van der Waals surface area contributed by atoms with Crippen LogP contribution in [-0.4, -0.2) is 60.2 Å². The number of nitrogens with one attached hydrogen (secondary N) is 3. The van der Waals surface area contributed by atoms with Crippen LogP contribution >= 0.6 is 0 Å². The van der Waals surface area contributed by atoms with Gasteiger partial charge in [-0.1, -0.05) is 114 Å². The standard InChI is InChI=1S/C36H62N8O5/c1-2-3-4-5-6-7-8-9-10-11-12-13-17-22-32(46)42-28(21-18-25-41-36(39)40)34(48)43-29(23-24-31(37)45)35(49)44-30(33(38)47)26-27-19-15-14-16-20-27/h14-16,19-20,28-30H,2-13,17-18,21-26H2,1H3,(H2,37,45)(H2,38,47)(H,42,46)(H,43,48)(H,44,49)(H4,39,40,41)/t28-,29-,30+/m0/s1. The summed E-state index contributed by atoms with van der Waals surface area (Å²) in [5.74, 6) is -3.11. The lowest BCUT2D eigenvalue weighted by Gasteiger charge is -2.25. The molecule has 1 aromatic rings. The molecule has 0 saturated carbocycles. The van der Waals surface area contributed by atoms with Gasteiger partial charge in [-0.15, -0.1) is 0 Å². The predicted molar refractivity (Wildman–Crippen MR) is 194 cm³/mol. The summed E-state index contributed by atoms with van der Waals surface area (Å²) in [5.41, 5.74) is 22.5. The normalized spacial score (nSPS) is 12.7. The van der Waals surface area contributed by atoms with E-state index in [2.05, 4.69) is 27.9 Å². The summed E-state index contributed by atoms with van der Waals surface area (Å²) in [6, 6.07) is 5.75. The number of carbonyl (C=O) groups is 5. The monoisotopic (exact) mass is 686 g/mol. The third kappa shape index (κ3) is 22.2. The van der Waals surface area contributed by atoms with Gasteiger partial charge in [-0.05, 0) is 31.2 Å². The fraction of sp³-hybridized carbons (Fsp3) is 0.667. The van der Waals surface area contributed by atoms with Gasteiger partial charge >= 0.3 is 0 Å². The molecule has 3 atom stereocenters. The third-order valence-corrected chi connectivity index (χ3v) is 8.36. The van der Waals surface area contributed by atoms with Crippen LogP contribution in [0.4, 0.5) is 0 Å². The second kappa shape index (κ2) is 26.8. The van der Waals surface area contributed by atoms with Gasteiger partial charge in [0.2, 0.25) is 29.5 Å². The fourth-order valence-corrected chi connectivity index (χ4v) is 5.51. The number of hydrogen-bond donors (Lipinski definition) is 7. The zero-order valence-electron chi connectivity index (χ0n) is 29.6. The molecule has 0 spiro atoms. The SMILES string of the molecule is CCCCCCCCCCCCCCCC(=O)N[C@@H](CCCN=C(N)N)C(=O)N[C@@H](CCC(N)=O)C(=O)N[C@H](Cc1ccccc1)C(N)=O. The predicted octanol–water partition coefficient (Wildman–Crippen LogP) is 2.97. The molecule has 49 heavy (non-hydrogen) atoms. The van der Waals surface area contributed by atoms with E-state index in [4.69, 9.17) is 22.9 Å². The summed E-state index contributed by atoms with van der Waals surface area (Å²) in [6.45, 7) is 2.48. The average Bonchev–Trinajstić information content (AvgIpc) is 3.06. The highest BCUT2D eigenvalue weighted by Crippen LogP contribution is 2.13. The van der Waals surface area contributed by atoms with Crippen molar-refractivity contribution in [2.75, 3.05) is 6.54 Å². The zero-order valence-corrected chi connectivity index (χ0v) is 29.6. The molecule has 0 radical (unpaired) electrons. The minimum absolute atomic E-state index is 0.0878. The van der Waals surface area contributed by atoms with Crippen molar-refractivity contribution in [3.63, 3.8) is 0 Å². The first kappa shape index (κ1) is 42.9. The van der Waals surface area contributed by atoms with Gasteiger partial charge in [-0.25, -0.2) is 0 Å². The number of primary amides is 2. The maximum Gasteiger partial charge on any atom is 0.243 e. The second-order valence-electron chi connectivity index (χ2n) is 12.8. The van der Waals surface area contributed by atoms with E-state index in [0.29, 0.717) is 12.8 Å². The number of hydrogen-bond acceptors (Lipinski definition) is 6. The molecule has 0 saturated heterocycles. The van der Waals surface area contributed by atoms with Crippen molar-refractivity contribution in [3.05, 3.63) is 35.9 Å². The lowest BCUT2D eigenvalue weighted by Crippen LogP contribution is -2.56. The minimum Gasteiger partial charge on any atom is -0.370 e. The maximum absolute atomic E-state index is 13.5. The average molecular weight is 687 g/mol. The summed E-state index contributed by atoms with van der Waals surface area (Å²) >= 11 is 0. The molecule has 5 amide bonds. The number of rotatable bonds is 29. The number of nitrogens with two attached hydrogens (primary N) is 4. The van der Waals surface area contributed by atoms with Crippen LogP contribution in [-0.2, 0) is 30.4 Å². The number of benzene rings is 1. The molecule has 0 aromatic heterocycles. The molecular formula is C36H62N8O5. The van der Waals surface area contributed by atoms with Crippen molar-refractivity contribution >= 4 is 35.5 Å². The first-order valence-corrected chi connectivity index (χ1v) is 18.1. The molecule has 1 rings (SSSR count). The van der Waals surface area contributed by atoms with E-state index in [-0.39, 0.29) is 50.5 Å². The van der Waals surface area contributed by atoms with Gasteiger partial charge in [0.1, 0.15) is 18.1 Å². The summed E-state index contributed by atoms with van der Waals surface area (Å²) in [4.78, 5) is 67.3. The molecule has 0 heterocycles. The van der Waals surface area contributed by atoms with Gasteiger partial charge in [-0.2, -0.15) is 0 Å². The smallest absolute Gasteiger partial charge is 0.243 e. The molecule has 0 aliphatic heterocycles. The van der Waals surface area contributed by atoms with Gasteiger partial charge in [0, 0.05) is 25.8 Å². The van der Waals surface area contributed by atoms with Gasteiger partial charge in [-0.3, -0.25) is 29.0 Å². The highest BCUT2D eigenvalue weighted by atomic mass is 16.2. The minimum atomic E-state index is -1.21. The van der Waals surface area contributed by atoms with Crippen molar-refractivity contribution in [2.24, 2.45) is 27.9 Å². The van der Waals surface area contributed by atoms with Crippen LogP contribution in [0.2, 0.25) is 0 Å². The van der Waals surface area contributed by atoms with E-state index in [1.807, 2.05) is 6.07 Å². The van der Waals surface area contributed by atoms with Crippen LogP contribution in [0.3, 0.4) is 0 Å². The van der Waals surface area contributed by atoms with Crippen molar-refractivity contribution in [1.29, 1.82) is 0 Å². The Balaban J connectivity index is 2.72. The summed E-state index contributed by atoms with van der Waals surface area (Å²) in [7, 11) is 0. The molecule has 0 bridgehead atoms. The van der Waals surface area contributed by atoms with Gasteiger partial charge in [0.25, 0.3) is 0 Å². The zero-order chi connectivity index (χ0) is 36.3. The lowest BCUT2D eigenvalue weighted by atomic mass is 10.0. The lowest BCUT2D eigenvalue weighted by molar-refractivity contribution is -0.133. The number of unbranched alkanes of at least 4 members (excludes halogenated alkanes) is 12. The molecule has 0 aliphatic rings. The third-order valence-electron chi connectivity index (χ3n) is 8.36. The number of amides is 5. The fourth-order valence-electron chi connectivity index (χ4n) is 5.51. The summed E-state index contributed by atoms with van der Waals surface area (Å²) < 4.78 is 0. The number of aliphatic imine (C=N–C) groups is 1. The molecule has 13 nitrogen and oxygen atoms in total. The molecular weight excluding hydrogens is 624 g/mol. The van der Waals surface area contributed by atoms with E-state index in [1.165, 1.54) is 57.8 Å². The number of carbonyl (C=O) groups excluding carboxylic acids is 5. The van der Waals surface area contributed by atoms with Crippen molar-refractivity contribution < 1.29 is 24.0 Å². The Hall–Kier alpha value is -4.16. The van der Waals surface area contributed by atoms with E-state index in [9.17, 15) is 24.0 Å². The number of nitrogens with zero attached hydrogens (tertiary/aromatic N) is 1. The quantitative estimate of drug-likeness (QED) is 0.0377. The molecule has 13 heteroatoms. The van der Waals surface area contributed by atoms with Crippen LogP contribution in [0.25, 0.3) is 0 Å². The molecule has 11 N–H and O–H groups in total. The van der Waals surface area contributed by atoms with Gasteiger partial charge < -0.3 is 38.9 Å². The Labute approximate surface area is 292 Å². The van der Waals surface area contributed by atoms with E-state index in [0.717, 1.165) is 24.8 Å². The van der Waals surface area contributed by atoms with Crippen LogP contribution in [0.1, 0.15) is 128 Å². The Bertz CT molecular complexity index is 1140. The summed E-state index contributed by atoms with van der Waals surface area (Å²) in [5, 5.41) is 8.03. The van der Waals surface area contributed by atoms with E-state index < -0.39 is 41.8 Å². The maximum atomic E-state index is 13.5. The van der Waals surface area contributed by atoms with Crippen LogP contribution in [0.5, 0.6) is 0 Å². The van der Waals surface area contributed by atoms with E-state index >= 15 is 0 Å². The summed E-state index contributed by atoms with van der Waals surface area (Å²) in [6.07, 6.45) is 16.2. The van der Waals surface area contributed by atoms with Gasteiger partial charge in [0.15, 0.2) is 5.96 Å².